The number of hydrogen-bond acceptors (Lipinski definition) is 7. The molecular formula is C12H15FN2O7. The molecule has 0 amide bonds. The van der Waals surface area contributed by atoms with E-state index in [0.717, 1.165) is 4.57 Å². The quantitative estimate of drug-likeness (QED) is 0.650. The number of halogens is 1. The van der Waals surface area contributed by atoms with E-state index in [-0.39, 0.29) is 13.2 Å². The van der Waals surface area contributed by atoms with Crippen molar-refractivity contribution in [2.75, 3.05) is 13.2 Å². The van der Waals surface area contributed by atoms with Gasteiger partial charge in [0, 0.05) is 13.8 Å². The maximum Gasteiger partial charge on any atom is 0.330 e. The first-order chi connectivity index (χ1) is 10.3. The number of aromatic nitrogens is 2. The third kappa shape index (κ3) is 5.87. The highest BCUT2D eigenvalue weighted by Gasteiger charge is 2.14. The normalized spacial score (nSPS) is 10.5. The first kappa shape index (κ1) is 17.6. The molecule has 1 rings (SSSR count). The second-order valence-electron chi connectivity index (χ2n) is 4.23. The Labute approximate surface area is 123 Å². The van der Waals surface area contributed by atoms with Crippen LogP contribution in [-0.2, 0) is 30.5 Å². The Bertz CT molecular complexity index is 634. The second-order valence-corrected chi connectivity index (χ2v) is 4.23. The monoisotopic (exact) mass is 318 g/mol. The predicted molar refractivity (Wildman–Crippen MR) is 69.4 cm³/mol. The van der Waals surface area contributed by atoms with Crippen LogP contribution in [0, 0.1) is 5.82 Å². The topological polar surface area (TPSA) is 117 Å². The molecule has 1 heterocycles. The van der Waals surface area contributed by atoms with E-state index in [2.05, 4.69) is 0 Å². The summed E-state index contributed by atoms with van der Waals surface area (Å²) in [5, 5.41) is 0. The smallest absolute Gasteiger partial charge is 0.330 e. The highest BCUT2D eigenvalue weighted by atomic mass is 19.1. The van der Waals surface area contributed by atoms with Crippen molar-refractivity contribution in [1.29, 1.82) is 0 Å². The van der Waals surface area contributed by atoms with Crippen LogP contribution in [0.3, 0.4) is 0 Å². The molecule has 0 spiro atoms. The van der Waals surface area contributed by atoms with Gasteiger partial charge in [0.1, 0.15) is 26.0 Å². The Morgan fingerprint density at radius 1 is 1.23 bits per heavy atom. The predicted octanol–water partition coefficient (Wildman–Crippen LogP) is -0.855. The van der Waals surface area contributed by atoms with Gasteiger partial charge in [-0.2, -0.15) is 4.39 Å². The molecule has 0 aliphatic rings. The van der Waals surface area contributed by atoms with E-state index in [1.807, 2.05) is 0 Å². The first-order valence-corrected chi connectivity index (χ1v) is 6.17. The molecule has 22 heavy (non-hydrogen) atoms. The lowest BCUT2D eigenvalue weighted by atomic mass is 10.4. The van der Waals surface area contributed by atoms with Crippen molar-refractivity contribution in [3.8, 4) is 0 Å². The number of H-pyrrole nitrogens is 1. The molecule has 0 bridgehead atoms. The summed E-state index contributed by atoms with van der Waals surface area (Å²) in [6, 6.07) is 0. The van der Waals surface area contributed by atoms with E-state index < -0.39 is 41.8 Å². The average molecular weight is 318 g/mol. The maximum absolute atomic E-state index is 13.1. The Kier molecular flexibility index (Phi) is 6.45. The summed E-state index contributed by atoms with van der Waals surface area (Å²) < 4.78 is 28.5. The summed E-state index contributed by atoms with van der Waals surface area (Å²) in [6.07, 6.45) is -0.176. The number of aromatic amines is 1. The number of esters is 2. The van der Waals surface area contributed by atoms with Gasteiger partial charge in [-0.05, 0) is 0 Å². The van der Waals surface area contributed by atoms with Crippen LogP contribution in [0.15, 0.2) is 15.8 Å². The molecule has 122 valence electrons. The summed E-state index contributed by atoms with van der Waals surface area (Å²) in [5.41, 5.74) is -2.01. The highest BCUT2D eigenvalue weighted by Crippen LogP contribution is 1.98. The first-order valence-electron chi connectivity index (χ1n) is 6.17. The highest BCUT2D eigenvalue weighted by molar-refractivity contribution is 5.66. The van der Waals surface area contributed by atoms with Crippen LogP contribution in [-0.4, -0.2) is 40.8 Å². The summed E-state index contributed by atoms with van der Waals surface area (Å²) in [4.78, 5) is 45.6. The van der Waals surface area contributed by atoms with Crippen molar-refractivity contribution < 1.29 is 28.2 Å². The molecule has 1 aromatic heterocycles. The fraction of sp³-hybridized carbons (Fsp3) is 0.500. The summed E-state index contributed by atoms with van der Waals surface area (Å²) in [5.74, 6) is -2.29. The van der Waals surface area contributed by atoms with Crippen molar-refractivity contribution >= 4 is 11.9 Å². The van der Waals surface area contributed by atoms with E-state index in [0.29, 0.717) is 6.20 Å². The maximum atomic E-state index is 13.1. The average Bonchev–Trinajstić information content (AvgIpc) is 2.42. The minimum atomic E-state index is -1.15. The molecule has 0 saturated heterocycles. The van der Waals surface area contributed by atoms with E-state index in [9.17, 15) is 23.6 Å². The van der Waals surface area contributed by atoms with Crippen LogP contribution < -0.4 is 11.2 Å². The van der Waals surface area contributed by atoms with Gasteiger partial charge in [-0.1, -0.05) is 0 Å². The number of nitrogens with zero attached hydrogens (tertiary/aromatic N) is 1. The standard InChI is InChI=1S/C12H15FN2O7/c1-7(16)20-4-9(5-21-8(2)17)22-6-15-3-10(13)11(18)14-12(15)19/h3,9H,4-6H2,1-2H3,(H,14,18,19). The Morgan fingerprint density at radius 2 is 1.77 bits per heavy atom. The Balaban J connectivity index is 2.70. The van der Waals surface area contributed by atoms with Crippen LogP contribution in [0.1, 0.15) is 13.8 Å². The van der Waals surface area contributed by atoms with Gasteiger partial charge in [0.25, 0.3) is 5.56 Å². The third-order valence-electron chi connectivity index (χ3n) is 2.36. The zero-order valence-electron chi connectivity index (χ0n) is 12.0. The molecule has 0 saturated carbocycles. The fourth-order valence-electron chi connectivity index (χ4n) is 1.33. The molecule has 0 aliphatic heterocycles. The number of ether oxygens (including phenoxy) is 3. The van der Waals surface area contributed by atoms with Crippen LogP contribution in [0.2, 0.25) is 0 Å². The van der Waals surface area contributed by atoms with E-state index >= 15 is 0 Å². The lowest BCUT2D eigenvalue weighted by Gasteiger charge is -2.17. The largest absolute Gasteiger partial charge is 0.463 e. The number of carbonyl (C=O) groups is 2. The lowest BCUT2D eigenvalue weighted by Crippen LogP contribution is -2.35. The number of nitrogens with one attached hydrogen (secondary N) is 1. The Hall–Kier alpha value is -2.49. The zero-order chi connectivity index (χ0) is 16.7. The minimum absolute atomic E-state index is 0.219. The molecule has 0 unspecified atom stereocenters. The third-order valence-corrected chi connectivity index (χ3v) is 2.36. The van der Waals surface area contributed by atoms with E-state index in [1.54, 1.807) is 4.98 Å². The van der Waals surface area contributed by atoms with Gasteiger partial charge in [0.05, 0.1) is 6.20 Å². The molecule has 10 heteroatoms. The molecule has 0 aliphatic carbocycles. The van der Waals surface area contributed by atoms with Gasteiger partial charge in [0.15, 0.2) is 0 Å². The summed E-state index contributed by atoms with van der Waals surface area (Å²) in [7, 11) is 0. The van der Waals surface area contributed by atoms with E-state index in [1.165, 1.54) is 13.8 Å². The van der Waals surface area contributed by atoms with Crippen LogP contribution in [0.5, 0.6) is 0 Å². The van der Waals surface area contributed by atoms with Crippen molar-refractivity contribution in [2.45, 2.75) is 26.7 Å². The summed E-state index contributed by atoms with van der Waals surface area (Å²) >= 11 is 0. The van der Waals surface area contributed by atoms with Crippen molar-refractivity contribution in [2.24, 2.45) is 0 Å². The Morgan fingerprint density at radius 3 is 2.27 bits per heavy atom. The van der Waals surface area contributed by atoms with Gasteiger partial charge in [0.2, 0.25) is 5.82 Å². The molecule has 0 atom stereocenters. The van der Waals surface area contributed by atoms with E-state index in [4.69, 9.17) is 14.2 Å². The van der Waals surface area contributed by atoms with Gasteiger partial charge >= 0.3 is 17.6 Å². The molecule has 0 fully saturated rings. The summed E-state index contributed by atoms with van der Waals surface area (Å²) in [6.45, 7) is 1.50. The molecule has 1 N–H and O–H groups in total. The second kappa shape index (κ2) is 8.08. The van der Waals surface area contributed by atoms with Crippen molar-refractivity contribution in [3.63, 3.8) is 0 Å². The van der Waals surface area contributed by atoms with Gasteiger partial charge in [-0.25, -0.2) is 4.79 Å². The number of rotatable bonds is 7. The molecule has 0 radical (unpaired) electrons. The van der Waals surface area contributed by atoms with Crippen molar-refractivity contribution in [1.82, 2.24) is 9.55 Å². The molecular weight excluding hydrogens is 303 g/mol. The zero-order valence-corrected chi connectivity index (χ0v) is 12.0. The van der Waals surface area contributed by atoms with Crippen LogP contribution >= 0.6 is 0 Å². The molecule has 1 aromatic rings. The van der Waals surface area contributed by atoms with Gasteiger partial charge < -0.3 is 14.2 Å². The molecule has 9 nitrogen and oxygen atoms in total. The van der Waals surface area contributed by atoms with Gasteiger partial charge in [-0.15, -0.1) is 0 Å². The number of carbonyl (C=O) groups excluding carboxylic acids is 2. The van der Waals surface area contributed by atoms with Crippen molar-refractivity contribution in [3.05, 3.63) is 32.9 Å². The van der Waals surface area contributed by atoms with Crippen LogP contribution in [0.4, 0.5) is 4.39 Å². The number of hydrogen-bond donors (Lipinski definition) is 1. The molecule has 0 aromatic carbocycles. The minimum Gasteiger partial charge on any atom is -0.463 e. The SMILES string of the molecule is CC(=O)OCC(COC(C)=O)OCn1cc(F)c(=O)[nH]c1=O. The van der Waals surface area contributed by atoms with Crippen LogP contribution in [0.25, 0.3) is 0 Å². The lowest BCUT2D eigenvalue weighted by molar-refractivity contribution is -0.154. The van der Waals surface area contributed by atoms with Gasteiger partial charge in [-0.3, -0.25) is 23.9 Å². The fourth-order valence-corrected chi connectivity index (χ4v) is 1.33.